The van der Waals surface area contributed by atoms with Gasteiger partial charge < -0.3 is 9.64 Å². The highest BCUT2D eigenvalue weighted by Crippen LogP contribution is 2.30. The maximum atomic E-state index is 5.39. The van der Waals surface area contributed by atoms with Crippen LogP contribution in [0.2, 0.25) is 0 Å². The van der Waals surface area contributed by atoms with Gasteiger partial charge >= 0.3 is 0 Å². The van der Waals surface area contributed by atoms with Gasteiger partial charge in [-0.25, -0.2) is 0 Å². The molecule has 2 fully saturated rings. The minimum absolute atomic E-state index is 0.739. The predicted octanol–water partition coefficient (Wildman–Crippen LogP) is 1.36. The fraction of sp³-hybridized carbons (Fsp3) is 1.00. The number of likely N-dealkylation sites (tertiary alicyclic amines) is 1. The largest absolute Gasteiger partial charge is 0.381 e. The summed E-state index contributed by atoms with van der Waals surface area (Å²) in [5, 5.41) is 0. The number of ether oxygens (including phenoxy) is 1. The van der Waals surface area contributed by atoms with Crippen LogP contribution in [-0.4, -0.2) is 37.2 Å². The van der Waals surface area contributed by atoms with Crippen LogP contribution < -0.4 is 0 Å². The van der Waals surface area contributed by atoms with E-state index in [1.54, 1.807) is 0 Å². The zero-order valence-corrected chi connectivity index (χ0v) is 8.12. The van der Waals surface area contributed by atoms with Gasteiger partial charge in [0.1, 0.15) is 0 Å². The van der Waals surface area contributed by atoms with Crippen LogP contribution in [0.4, 0.5) is 0 Å². The summed E-state index contributed by atoms with van der Waals surface area (Å²) in [6.07, 6.45) is 1.30. The maximum absolute atomic E-state index is 5.39. The van der Waals surface area contributed by atoms with Crippen molar-refractivity contribution in [1.82, 2.24) is 4.90 Å². The molecule has 2 aliphatic heterocycles. The van der Waals surface area contributed by atoms with Gasteiger partial charge in [-0.3, -0.25) is 0 Å². The van der Waals surface area contributed by atoms with Crippen LogP contribution in [0.3, 0.4) is 0 Å². The van der Waals surface area contributed by atoms with E-state index in [0.717, 1.165) is 31.1 Å². The quantitative estimate of drug-likeness (QED) is 0.619. The van der Waals surface area contributed by atoms with Crippen molar-refractivity contribution in [3.05, 3.63) is 0 Å². The zero-order chi connectivity index (χ0) is 8.55. The summed E-state index contributed by atoms with van der Waals surface area (Å²) < 4.78 is 5.39. The predicted molar refractivity (Wildman–Crippen MR) is 49.1 cm³/mol. The van der Waals surface area contributed by atoms with Crippen molar-refractivity contribution in [2.75, 3.05) is 26.3 Å². The molecule has 0 aromatic rings. The lowest BCUT2D eigenvalue weighted by molar-refractivity contribution is 0.0270. The van der Waals surface area contributed by atoms with E-state index >= 15 is 0 Å². The summed E-state index contributed by atoms with van der Waals surface area (Å²) in [6.45, 7) is 9.21. The molecule has 1 atom stereocenters. The first-order valence-electron chi connectivity index (χ1n) is 5.09. The molecule has 2 saturated heterocycles. The third-order valence-electron chi connectivity index (χ3n) is 3.30. The molecule has 0 radical (unpaired) electrons. The van der Waals surface area contributed by atoms with Crippen LogP contribution in [0.15, 0.2) is 0 Å². The average molecular weight is 169 g/mol. The van der Waals surface area contributed by atoms with Gasteiger partial charge in [0.15, 0.2) is 0 Å². The molecule has 0 saturated carbocycles. The Hall–Kier alpha value is -0.0800. The van der Waals surface area contributed by atoms with E-state index in [2.05, 4.69) is 18.7 Å². The van der Waals surface area contributed by atoms with Crippen molar-refractivity contribution in [2.45, 2.75) is 26.3 Å². The Morgan fingerprint density at radius 3 is 2.50 bits per heavy atom. The molecule has 0 amide bonds. The molecule has 0 spiro atoms. The number of hydrogen-bond donors (Lipinski definition) is 0. The van der Waals surface area contributed by atoms with Crippen molar-refractivity contribution >= 4 is 0 Å². The second kappa shape index (κ2) is 3.35. The second-order valence-corrected chi connectivity index (χ2v) is 4.43. The van der Waals surface area contributed by atoms with E-state index in [1.165, 1.54) is 19.5 Å². The Morgan fingerprint density at radius 2 is 2.00 bits per heavy atom. The van der Waals surface area contributed by atoms with Gasteiger partial charge in [0, 0.05) is 32.3 Å². The Labute approximate surface area is 74.9 Å². The fourth-order valence-electron chi connectivity index (χ4n) is 2.19. The van der Waals surface area contributed by atoms with Gasteiger partial charge in [-0.15, -0.1) is 0 Å². The van der Waals surface area contributed by atoms with E-state index in [-0.39, 0.29) is 0 Å². The summed E-state index contributed by atoms with van der Waals surface area (Å²) in [7, 11) is 0. The molecule has 2 nitrogen and oxygen atoms in total. The van der Waals surface area contributed by atoms with Crippen molar-refractivity contribution in [1.29, 1.82) is 0 Å². The van der Waals surface area contributed by atoms with Gasteiger partial charge in [0.05, 0.1) is 0 Å². The van der Waals surface area contributed by atoms with Crippen LogP contribution in [0.1, 0.15) is 20.3 Å². The van der Waals surface area contributed by atoms with Gasteiger partial charge in [-0.2, -0.15) is 0 Å². The fourth-order valence-corrected chi connectivity index (χ4v) is 2.19. The second-order valence-electron chi connectivity index (χ2n) is 4.43. The van der Waals surface area contributed by atoms with Gasteiger partial charge in [0.2, 0.25) is 0 Å². The lowest BCUT2D eigenvalue weighted by atomic mass is 9.84. The van der Waals surface area contributed by atoms with Crippen LogP contribution >= 0.6 is 0 Å². The van der Waals surface area contributed by atoms with Crippen molar-refractivity contribution in [3.8, 4) is 0 Å². The van der Waals surface area contributed by atoms with Crippen LogP contribution in [0.5, 0.6) is 0 Å². The molecule has 2 heteroatoms. The highest BCUT2D eigenvalue weighted by atomic mass is 16.5. The third-order valence-corrected chi connectivity index (χ3v) is 3.30. The molecule has 2 aliphatic rings. The monoisotopic (exact) mass is 169 g/mol. The molecule has 2 rings (SSSR count). The van der Waals surface area contributed by atoms with E-state index < -0.39 is 0 Å². The Morgan fingerprint density at radius 1 is 1.25 bits per heavy atom. The summed E-state index contributed by atoms with van der Waals surface area (Å²) >= 11 is 0. The minimum atomic E-state index is 0.739. The molecule has 0 aliphatic carbocycles. The number of nitrogens with zero attached hydrogens (tertiary/aromatic N) is 1. The first-order valence-corrected chi connectivity index (χ1v) is 5.09. The lowest BCUT2D eigenvalue weighted by Crippen LogP contribution is -2.52. The van der Waals surface area contributed by atoms with Gasteiger partial charge in [0.25, 0.3) is 0 Å². The van der Waals surface area contributed by atoms with Gasteiger partial charge in [-0.05, 0) is 32.1 Å². The highest BCUT2D eigenvalue weighted by Gasteiger charge is 2.35. The van der Waals surface area contributed by atoms with Crippen molar-refractivity contribution < 1.29 is 4.74 Å². The maximum Gasteiger partial charge on any atom is 0.0498 e. The summed E-state index contributed by atoms with van der Waals surface area (Å²) in [5.74, 6) is 1.81. The SMILES string of the molecule is CC(C)N1CC([C@H]2CCOC2)C1. The van der Waals surface area contributed by atoms with Crippen LogP contribution in [0, 0.1) is 11.8 Å². The minimum Gasteiger partial charge on any atom is -0.381 e. The molecule has 0 N–H and O–H groups in total. The Kier molecular flexibility index (Phi) is 2.37. The van der Waals surface area contributed by atoms with E-state index in [4.69, 9.17) is 4.74 Å². The Bertz CT molecular complexity index is 146. The average Bonchev–Trinajstić information content (AvgIpc) is 2.34. The van der Waals surface area contributed by atoms with E-state index in [0.29, 0.717) is 0 Å². The van der Waals surface area contributed by atoms with Crippen molar-refractivity contribution in [3.63, 3.8) is 0 Å². The molecular weight excluding hydrogens is 150 g/mol. The summed E-state index contributed by atoms with van der Waals surface area (Å²) in [4.78, 5) is 2.54. The van der Waals surface area contributed by atoms with Crippen molar-refractivity contribution in [2.24, 2.45) is 11.8 Å². The van der Waals surface area contributed by atoms with E-state index in [9.17, 15) is 0 Å². The first kappa shape index (κ1) is 8.52. The van der Waals surface area contributed by atoms with Crippen LogP contribution in [0.25, 0.3) is 0 Å². The summed E-state index contributed by atoms with van der Waals surface area (Å²) in [5.41, 5.74) is 0. The molecule has 2 heterocycles. The molecular formula is C10H19NO. The number of rotatable bonds is 2. The molecule has 0 aromatic heterocycles. The highest BCUT2D eigenvalue weighted by molar-refractivity contribution is 4.87. The molecule has 12 heavy (non-hydrogen) atoms. The van der Waals surface area contributed by atoms with Crippen LogP contribution in [-0.2, 0) is 4.74 Å². The normalized spacial score (nSPS) is 32.8. The number of hydrogen-bond acceptors (Lipinski definition) is 2. The molecule has 70 valence electrons. The smallest absolute Gasteiger partial charge is 0.0498 e. The summed E-state index contributed by atoms with van der Waals surface area (Å²) in [6, 6.07) is 0.739. The van der Waals surface area contributed by atoms with E-state index in [1.807, 2.05) is 0 Å². The molecule has 0 aromatic carbocycles. The standard InChI is InChI=1S/C10H19NO/c1-8(2)11-5-10(6-11)9-3-4-12-7-9/h8-10H,3-7H2,1-2H3/t9-/m0/s1. The zero-order valence-electron chi connectivity index (χ0n) is 8.12. The molecule has 0 bridgehead atoms. The topological polar surface area (TPSA) is 12.5 Å². The molecule has 0 unspecified atom stereocenters. The lowest BCUT2D eigenvalue weighted by Gasteiger charge is -2.44. The Balaban J connectivity index is 1.73. The third kappa shape index (κ3) is 1.50. The van der Waals surface area contributed by atoms with Gasteiger partial charge in [-0.1, -0.05) is 0 Å². The first-order chi connectivity index (χ1) is 5.77.